The molecule has 2 aromatic rings. The highest BCUT2D eigenvalue weighted by atomic mass is 19.4. The lowest BCUT2D eigenvalue weighted by Gasteiger charge is -2.14. The largest absolute Gasteiger partial charge is 0.418 e. The minimum absolute atomic E-state index is 0.0825. The number of rotatable bonds is 2. The summed E-state index contributed by atoms with van der Waals surface area (Å²) in [5.74, 6) is 0. The fraction of sp³-hybridized carbons (Fsp3) is 0.167. The molecule has 4 nitrogen and oxygen atoms in total. The summed E-state index contributed by atoms with van der Waals surface area (Å²) in [6.45, 7) is -0.0825. The molecule has 1 aromatic heterocycles. The van der Waals surface area contributed by atoms with E-state index in [1.54, 1.807) is 0 Å². The second-order valence-electron chi connectivity index (χ2n) is 3.83. The van der Waals surface area contributed by atoms with Crippen LogP contribution in [0.4, 0.5) is 13.2 Å². The number of nitrogens with two attached hydrogens (primary N) is 1. The Morgan fingerprint density at radius 3 is 2.58 bits per heavy atom. The number of halogens is 3. The van der Waals surface area contributed by atoms with Crippen molar-refractivity contribution >= 4 is 0 Å². The molecule has 19 heavy (non-hydrogen) atoms. The summed E-state index contributed by atoms with van der Waals surface area (Å²) >= 11 is 0. The van der Waals surface area contributed by atoms with Crippen molar-refractivity contribution in [2.24, 2.45) is 5.73 Å². The van der Waals surface area contributed by atoms with E-state index >= 15 is 0 Å². The summed E-state index contributed by atoms with van der Waals surface area (Å²) < 4.78 is 39.8. The van der Waals surface area contributed by atoms with Gasteiger partial charge in [-0.05, 0) is 12.1 Å². The average Bonchev–Trinajstić information content (AvgIpc) is 2.38. The molecule has 0 saturated heterocycles. The van der Waals surface area contributed by atoms with E-state index in [1.807, 2.05) is 0 Å². The predicted molar refractivity (Wildman–Crippen MR) is 62.7 cm³/mol. The van der Waals surface area contributed by atoms with Crippen molar-refractivity contribution in [2.45, 2.75) is 12.7 Å². The highest BCUT2D eigenvalue weighted by Crippen LogP contribution is 2.33. The van der Waals surface area contributed by atoms with Gasteiger partial charge >= 0.3 is 6.18 Å². The molecular weight excluding hydrogens is 259 g/mol. The molecule has 0 unspecified atom stereocenters. The summed E-state index contributed by atoms with van der Waals surface area (Å²) in [5.41, 5.74) is 4.06. The molecule has 0 aliphatic heterocycles. The maximum atomic E-state index is 12.9. The van der Waals surface area contributed by atoms with Gasteiger partial charge < -0.3 is 10.3 Å². The Bertz CT molecular complexity index is 649. The maximum absolute atomic E-state index is 12.9. The average molecular weight is 269 g/mol. The van der Waals surface area contributed by atoms with Crippen LogP contribution in [0.1, 0.15) is 11.1 Å². The lowest BCUT2D eigenvalue weighted by atomic mass is 10.1. The SMILES string of the molecule is NCc1cn(-c2ccccc2C(F)(F)F)cnc1=O. The predicted octanol–water partition coefficient (Wildman–Crippen LogP) is 1.71. The van der Waals surface area contributed by atoms with Gasteiger partial charge in [0.05, 0.1) is 11.3 Å². The number of hydrogen-bond acceptors (Lipinski definition) is 3. The third-order valence-electron chi connectivity index (χ3n) is 2.58. The van der Waals surface area contributed by atoms with Crippen molar-refractivity contribution in [1.82, 2.24) is 9.55 Å². The first-order valence-electron chi connectivity index (χ1n) is 5.37. The zero-order valence-electron chi connectivity index (χ0n) is 9.69. The monoisotopic (exact) mass is 269 g/mol. The lowest BCUT2D eigenvalue weighted by molar-refractivity contribution is -0.137. The number of para-hydroxylation sites is 1. The fourth-order valence-corrected chi connectivity index (χ4v) is 1.66. The van der Waals surface area contributed by atoms with Gasteiger partial charge in [0, 0.05) is 18.3 Å². The topological polar surface area (TPSA) is 60.9 Å². The zero-order chi connectivity index (χ0) is 14.0. The normalized spacial score (nSPS) is 11.6. The van der Waals surface area contributed by atoms with Crippen LogP contribution in [0.25, 0.3) is 5.69 Å². The standard InChI is InChI=1S/C12H10F3N3O/c13-12(14,15)9-3-1-2-4-10(9)18-6-8(5-16)11(19)17-7-18/h1-4,6-7H,5,16H2. The molecule has 0 bridgehead atoms. The third-order valence-corrected chi connectivity index (χ3v) is 2.58. The Balaban J connectivity index is 2.63. The van der Waals surface area contributed by atoms with Gasteiger partial charge in [-0.3, -0.25) is 4.79 Å². The second kappa shape index (κ2) is 4.85. The van der Waals surface area contributed by atoms with Crippen LogP contribution in [0.15, 0.2) is 41.6 Å². The minimum Gasteiger partial charge on any atom is -0.326 e. The first-order chi connectivity index (χ1) is 8.93. The van der Waals surface area contributed by atoms with E-state index < -0.39 is 17.3 Å². The van der Waals surface area contributed by atoms with E-state index in [-0.39, 0.29) is 17.8 Å². The molecule has 1 heterocycles. The molecule has 0 saturated carbocycles. The molecule has 2 N–H and O–H groups in total. The van der Waals surface area contributed by atoms with Crippen LogP contribution >= 0.6 is 0 Å². The van der Waals surface area contributed by atoms with Gasteiger partial charge in [0.25, 0.3) is 5.56 Å². The van der Waals surface area contributed by atoms with Crippen molar-refractivity contribution in [1.29, 1.82) is 0 Å². The Hall–Kier alpha value is -2.15. The van der Waals surface area contributed by atoms with Crippen molar-refractivity contribution in [3.8, 4) is 5.69 Å². The van der Waals surface area contributed by atoms with Gasteiger partial charge in [0.1, 0.15) is 6.33 Å². The van der Waals surface area contributed by atoms with Crippen LogP contribution in [-0.2, 0) is 12.7 Å². The molecule has 0 amide bonds. The van der Waals surface area contributed by atoms with Gasteiger partial charge in [-0.15, -0.1) is 0 Å². The summed E-state index contributed by atoms with van der Waals surface area (Å²) in [5, 5.41) is 0. The van der Waals surface area contributed by atoms with Crippen molar-refractivity contribution < 1.29 is 13.2 Å². The van der Waals surface area contributed by atoms with Crippen LogP contribution in [0.3, 0.4) is 0 Å². The summed E-state index contributed by atoms with van der Waals surface area (Å²) in [4.78, 5) is 14.8. The van der Waals surface area contributed by atoms with Crippen LogP contribution in [0.5, 0.6) is 0 Å². The van der Waals surface area contributed by atoms with Crippen molar-refractivity contribution in [3.63, 3.8) is 0 Å². The van der Waals surface area contributed by atoms with Gasteiger partial charge in [-0.2, -0.15) is 18.2 Å². The first-order valence-corrected chi connectivity index (χ1v) is 5.37. The highest BCUT2D eigenvalue weighted by Gasteiger charge is 2.33. The van der Waals surface area contributed by atoms with E-state index in [4.69, 9.17) is 5.73 Å². The van der Waals surface area contributed by atoms with Crippen LogP contribution in [0.2, 0.25) is 0 Å². The molecule has 2 rings (SSSR count). The third kappa shape index (κ3) is 2.65. The first kappa shape index (κ1) is 13.3. The van der Waals surface area contributed by atoms with Crippen LogP contribution in [-0.4, -0.2) is 9.55 Å². The maximum Gasteiger partial charge on any atom is 0.418 e. The summed E-state index contributed by atoms with van der Waals surface area (Å²) in [6.07, 6.45) is -2.17. The molecule has 100 valence electrons. The van der Waals surface area contributed by atoms with E-state index in [9.17, 15) is 18.0 Å². The zero-order valence-corrected chi connectivity index (χ0v) is 9.69. The molecule has 0 radical (unpaired) electrons. The Kier molecular flexibility index (Phi) is 3.39. The number of benzene rings is 1. The van der Waals surface area contributed by atoms with E-state index in [2.05, 4.69) is 4.98 Å². The number of aromatic nitrogens is 2. The van der Waals surface area contributed by atoms with Gasteiger partial charge in [0.15, 0.2) is 0 Å². The van der Waals surface area contributed by atoms with Gasteiger partial charge in [0.2, 0.25) is 0 Å². The smallest absolute Gasteiger partial charge is 0.326 e. The summed E-state index contributed by atoms with van der Waals surface area (Å²) in [6, 6.07) is 5.04. The highest BCUT2D eigenvalue weighted by molar-refractivity contribution is 5.43. The Morgan fingerprint density at radius 2 is 1.95 bits per heavy atom. The van der Waals surface area contributed by atoms with Crippen molar-refractivity contribution in [3.05, 3.63) is 58.3 Å². The molecule has 7 heteroatoms. The molecule has 0 spiro atoms. The fourth-order valence-electron chi connectivity index (χ4n) is 1.66. The Labute approximate surface area is 106 Å². The number of alkyl halides is 3. The Morgan fingerprint density at radius 1 is 1.26 bits per heavy atom. The molecular formula is C12H10F3N3O. The van der Waals surface area contributed by atoms with E-state index in [0.29, 0.717) is 0 Å². The molecule has 0 atom stereocenters. The molecule has 0 fully saturated rings. The van der Waals surface area contributed by atoms with Gasteiger partial charge in [-0.25, -0.2) is 0 Å². The summed E-state index contributed by atoms with van der Waals surface area (Å²) in [7, 11) is 0. The van der Waals surface area contributed by atoms with Crippen molar-refractivity contribution in [2.75, 3.05) is 0 Å². The molecule has 0 aliphatic carbocycles. The molecule has 0 aliphatic rings. The quantitative estimate of drug-likeness (QED) is 0.902. The van der Waals surface area contributed by atoms with E-state index in [0.717, 1.165) is 17.0 Å². The lowest BCUT2D eigenvalue weighted by Crippen LogP contribution is -2.19. The van der Waals surface area contributed by atoms with Gasteiger partial charge in [-0.1, -0.05) is 12.1 Å². The second-order valence-corrected chi connectivity index (χ2v) is 3.83. The number of hydrogen-bond donors (Lipinski definition) is 1. The van der Waals surface area contributed by atoms with Crippen LogP contribution in [0, 0.1) is 0 Å². The molecule has 1 aromatic carbocycles. The number of nitrogens with zero attached hydrogens (tertiary/aromatic N) is 2. The van der Waals surface area contributed by atoms with E-state index in [1.165, 1.54) is 24.4 Å². The van der Waals surface area contributed by atoms with Crippen LogP contribution < -0.4 is 11.3 Å². The minimum atomic E-state index is -4.48.